The molecule has 3 aromatic heterocycles. The number of benzene rings is 1. The molecule has 4 heterocycles. The van der Waals surface area contributed by atoms with E-state index in [1.165, 1.54) is 0 Å². The summed E-state index contributed by atoms with van der Waals surface area (Å²) in [4.78, 5) is 19.9. The zero-order valence-corrected chi connectivity index (χ0v) is 14.6. The van der Waals surface area contributed by atoms with E-state index < -0.39 is 0 Å². The smallest absolute Gasteiger partial charge is 0.225 e. The van der Waals surface area contributed by atoms with Crippen molar-refractivity contribution in [3.8, 4) is 5.82 Å². The number of halogens is 1. The number of morpholine rings is 1. The molecule has 0 bridgehead atoms. The van der Waals surface area contributed by atoms with Crippen molar-refractivity contribution in [1.29, 1.82) is 0 Å². The van der Waals surface area contributed by atoms with Gasteiger partial charge in [-0.25, -0.2) is 15.0 Å². The van der Waals surface area contributed by atoms with Crippen LogP contribution in [0.3, 0.4) is 0 Å². The Morgan fingerprint density at radius 3 is 2.35 bits per heavy atom. The lowest BCUT2D eigenvalue weighted by Crippen LogP contribution is -2.37. The van der Waals surface area contributed by atoms with Crippen molar-refractivity contribution < 1.29 is 4.74 Å². The summed E-state index contributed by atoms with van der Waals surface area (Å²) in [6.45, 7) is 2.80. The van der Waals surface area contributed by atoms with Gasteiger partial charge in [0.1, 0.15) is 17.4 Å². The van der Waals surface area contributed by atoms with Gasteiger partial charge < -0.3 is 14.2 Å². The predicted octanol–water partition coefficient (Wildman–Crippen LogP) is 2.85. The summed E-state index contributed by atoms with van der Waals surface area (Å²) in [6.07, 6.45) is 5.60. The minimum atomic E-state index is 0.187. The van der Waals surface area contributed by atoms with Crippen molar-refractivity contribution in [3.63, 3.8) is 0 Å². The van der Waals surface area contributed by atoms with Gasteiger partial charge in [0, 0.05) is 25.5 Å². The third-order valence-electron chi connectivity index (χ3n) is 4.52. The molecule has 0 radical (unpaired) electrons. The number of rotatable bonds is 2. The fourth-order valence-corrected chi connectivity index (χ4v) is 3.45. The van der Waals surface area contributed by atoms with Gasteiger partial charge in [-0.1, -0.05) is 24.3 Å². The van der Waals surface area contributed by atoms with E-state index in [0.717, 1.165) is 29.7 Å². The lowest BCUT2D eigenvalue weighted by Gasteiger charge is -2.28. The minimum absolute atomic E-state index is 0.187. The highest BCUT2D eigenvalue weighted by Gasteiger charge is 2.20. The summed E-state index contributed by atoms with van der Waals surface area (Å²) in [5.41, 5.74) is 1.33. The van der Waals surface area contributed by atoms with Gasteiger partial charge >= 0.3 is 0 Å². The number of aromatic nitrogens is 5. The molecular weight excluding hydrogens is 352 g/mol. The number of hydrogen-bond acceptors (Lipinski definition) is 6. The second kappa shape index (κ2) is 6.19. The SMILES string of the molecule is Clc1nc(N2CCOCC2)c2ncnc(-n3cc4ccccc4c3)c2n1. The van der Waals surface area contributed by atoms with E-state index in [0.29, 0.717) is 30.1 Å². The van der Waals surface area contributed by atoms with Crippen LogP contribution in [0.25, 0.3) is 27.6 Å². The van der Waals surface area contributed by atoms with E-state index in [-0.39, 0.29) is 5.28 Å². The molecule has 0 N–H and O–H groups in total. The Labute approximate surface area is 154 Å². The number of ether oxygens (including phenoxy) is 1. The van der Waals surface area contributed by atoms with Crippen LogP contribution in [-0.4, -0.2) is 50.8 Å². The third kappa shape index (κ3) is 2.56. The molecule has 4 aromatic rings. The van der Waals surface area contributed by atoms with Gasteiger partial charge in [0.15, 0.2) is 11.6 Å². The predicted molar refractivity (Wildman–Crippen MR) is 100 cm³/mol. The molecule has 1 aromatic carbocycles. The Bertz CT molecular complexity index is 1070. The van der Waals surface area contributed by atoms with Gasteiger partial charge in [-0.05, 0) is 22.4 Å². The van der Waals surface area contributed by atoms with E-state index in [2.05, 4.69) is 37.0 Å². The number of nitrogens with zero attached hydrogens (tertiary/aromatic N) is 6. The molecule has 8 heteroatoms. The second-order valence-corrected chi connectivity index (χ2v) is 6.44. The average molecular weight is 367 g/mol. The van der Waals surface area contributed by atoms with E-state index in [9.17, 15) is 0 Å². The summed E-state index contributed by atoms with van der Waals surface area (Å²) in [5.74, 6) is 1.41. The van der Waals surface area contributed by atoms with Crippen LogP contribution in [0.4, 0.5) is 5.82 Å². The molecule has 0 amide bonds. The fraction of sp³-hybridized carbons (Fsp3) is 0.222. The van der Waals surface area contributed by atoms with E-state index in [1.54, 1.807) is 6.33 Å². The molecule has 0 atom stereocenters. The van der Waals surface area contributed by atoms with Crippen molar-refractivity contribution in [2.24, 2.45) is 0 Å². The molecule has 1 aliphatic heterocycles. The normalized spacial score (nSPS) is 15.0. The quantitative estimate of drug-likeness (QED) is 0.508. The first kappa shape index (κ1) is 15.5. The van der Waals surface area contributed by atoms with Crippen molar-refractivity contribution in [3.05, 3.63) is 48.3 Å². The summed E-state index contributed by atoms with van der Waals surface area (Å²) < 4.78 is 7.39. The zero-order valence-electron chi connectivity index (χ0n) is 13.8. The average Bonchev–Trinajstić information content (AvgIpc) is 3.11. The first-order valence-electron chi connectivity index (χ1n) is 8.38. The molecule has 0 aliphatic carbocycles. The van der Waals surface area contributed by atoms with Crippen LogP contribution in [-0.2, 0) is 4.74 Å². The Balaban J connectivity index is 1.72. The van der Waals surface area contributed by atoms with E-state index in [1.807, 2.05) is 29.1 Å². The molecule has 130 valence electrons. The monoisotopic (exact) mass is 366 g/mol. The summed E-state index contributed by atoms with van der Waals surface area (Å²) in [7, 11) is 0. The molecule has 5 rings (SSSR count). The van der Waals surface area contributed by atoms with Crippen LogP contribution >= 0.6 is 11.6 Å². The Kier molecular flexibility index (Phi) is 3.69. The molecule has 26 heavy (non-hydrogen) atoms. The highest BCUT2D eigenvalue weighted by atomic mass is 35.5. The molecule has 1 aliphatic rings. The van der Waals surface area contributed by atoms with Crippen molar-refractivity contribution in [1.82, 2.24) is 24.5 Å². The van der Waals surface area contributed by atoms with Gasteiger partial charge in [0.05, 0.1) is 13.2 Å². The number of hydrogen-bond donors (Lipinski definition) is 0. The van der Waals surface area contributed by atoms with Crippen LogP contribution in [0.5, 0.6) is 0 Å². The largest absolute Gasteiger partial charge is 0.378 e. The van der Waals surface area contributed by atoms with Crippen LogP contribution in [0.15, 0.2) is 43.0 Å². The van der Waals surface area contributed by atoms with Gasteiger partial charge in [-0.2, -0.15) is 4.98 Å². The maximum absolute atomic E-state index is 6.24. The van der Waals surface area contributed by atoms with Gasteiger partial charge in [0.2, 0.25) is 5.28 Å². The van der Waals surface area contributed by atoms with E-state index >= 15 is 0 Å². The van der Waals surface area contributed by atoms with Crippen molar-refractivity contribution >= 4 is 39.2 Å². The summed E-state index contributed by atoms with van der Waals surface area (Å²) in [5, 5.41) is 2.45. The van der Waals surface area contributed by atoms with Gasteiger partial charge in [0.25, 0.3) is 0 Å². The van der Waals surface area contributed by atoms with Gasteiger partial charge in [-0.15, -0.1) is 0 Å². The van der Waals surface area contributed by atoms with Crippen LogP contribution in [0.2, 0.25) is 5.28 Å². The standard InChI is InChI=1S/C18H15ClN6O/c19-18-22-15-14(17(23-18)24-5-7-26-8-6-24)20-11-21-16(15)25-9-12-3-1-2-4-13(12)10-25/h1-4,9-11H,5-8H2. The molecule has 7 nitrogen and oxygen atoms in total. The molecule has 1 fully saturated rings. The number of anilines is 1. The maximum Gasteiger partial charge on any atom is 0.225 e. The van der Waals surface area contributed by atoms with Crippen molar-refractivity contribution in [2.75, 3.05) is 31.2 Å². The fourth-order valence-electron chi connectivity index (χ4n) is 3.28. The summed E-state index contributed by atoms with van der Waals surface area (Å²) in [6, 6.07) is 8.16. The lowest BCUT2D eigenvalue weighted by molar-refractivity contribution is 0.122. The van der Waals surface area contributed by atoms with Crippen LogP contribution in [0, 0.1) is 0 Å². The number of fused-ring (bicyclic) bond motifs is 2. The third-order valence-corrected chi connectivity index (χ3v) is 4.69. The molecule has 1 saturated heterocycles. The Hall–Kier alpha value is -2.77. The molecule has 0 unspecified atom stereocenters. The maximum atomic E-state index is 6.24. The molecule has 0 spiro atoms. The molecule has 0 saturated carbocycles. The molecular formula is C18H15ClN6O. The Morgan fingerprint density at radius 1 is 0.885 bits per heavy atom. The van der Waals surface area contributed by atoms with E-state index in [4.69, 9.17) is 16.3 Å². The first-order valence-corrected chi connectivity index (χ1v) is 8.75. The highest BCUT2D eigenvalue weighted by Crippen LogP contribution is 2.28. The zero-order chi connectivity index (χ0) is 17.5. The van der Waals surface area contributed by atoms with Crippen LogP contribution in [0.1, 0.15) is 0 Å². The minimum Gasteiger partial charge on any atom is -0.378 e. The second-order valence-electron chi connectivity index (χ2n) is 6.10. The van der Waals surface area contributed by atoms with Crippen molar-refractivity contribution in [2.45, 2.75) is 0 Å². The summed E-state index contributed by atoms with van der Waals surface area (Å²) >= 11 is 6.24. The highest BCUT2D eigenvalue weighted by molar-refractivity contribution is 6.28. The lowest BCUT2D eigenvalue weighted by atomic mass is 10.2. The van der Waals surface area contributed by atoms with Gasteiger partial charge in [-0.3, -0.25) is 0 Å². The van der Waals surface area contributed by atoms with Crippen LogP contribution < -0.4 is 4.90 Å². The Morgan fingerprint density at radius 2 is 1.62 bits per heavy atom. The topological polar surface area (TPSA) is 69.0 Å². The first-order chi connectivity index (χ1) is 12.8.